The Bertz CT molecular complexity index is 692. The van der Waals surface area contributed by atoms with Gasteiger partial charge in [0.25, 0.3) is 10.0 Å². The van der Waals surface area contributed by atoms with E-state index in [1.54, 1.807) is 31.3 Å². The minimum absolute atomic E-state index is 0.101. The van der Waals surface area contributed by atoms with Crippen LogP contribution in [0.1, 0.15) is 11.1 Å². The van der Waals surface area contributed by atoms with Gasteiger partial charge in [0.2, 0.25) is 0 Å². The number of H-pyrrole nitrogens is 1. The highest BCUT2D eigenvalue weighted by Crippen LogP contribution is 2.26. The normalized spacial score (nSPS) is 11.3. The van der Waals surface area contributed by atoms with Gasteiger partial charge in [0.1, 0.15) is 16.5 Å². The molecule has 7 heteroatoms. The average Bonchev–Trinajstić information content (AvgIpc) is 2.74. The van der Waals surface area contributed by atoms with Crippen LogP contribution in [-0.4, -0.2) is 25.7 Å². The van der Waals surface area contributed by atoms with E-state index >= 15 is 0 Å². The molecule has 0 aliphatic carbocycles. The number of nitrogens with zero attached hydrogens (tertiary/aromatic N) is 1. The van der Waals surface area contributed by atoms with Gasteiger partial charge >= 0.3 is 0 Å². The molecule has 6 nitrogen and oxygen atoms in total. The second-order valence-electron chi connectivity index (χ2n) is 4.19. The van der Waals surface area contributed by atoms with Gasteiger partial charge in [-0.05, 0) is 31.5 Å². The standard InChI is InChI=1S/C12H15N3O3S/c1-8-4-5-10(18-3)11(6-8)19(16,17)15-12-9(2)7-13-14-12/h4-7H,1-3H3,(H2,13,14,15). The summed E-state index contributed by atoms with van der Waals surface area (Å²) in [6.45, 7) is 3.58. The summed E-state index contributed by atoms with van der Waals surface area (Å²) in [6.07, 6.45) is 1.55. The second-order valence-corrected chi connectivity index (χ2v) is 5.84. The lowest BCUT2D eigenvalue weighted by molar-refractivity contribution is 0.402. The molecule has 2 N–H and O–H groups in total. The Morgan fingerprint density at radius 2 is 2.05 bits per heavy atom. The molecule has 0 radical (unpaired) electrons. The van der Waals surface area contributed by atoms with Gasteiger partial charge in [0.05, 0.1) is 13.3 Å². The third-order valence-electron chi connectivity index (χ3n) is 2.67. The van der Waals surface area contributed by atoms with Gasteiger partial charge in [-0.2, -0.15) is 5.10 Å². The number of rotatable bonds is 4. The molecule has 0 atom stereocenters. The summed E-state index contributed by atoms with van der Waals surface area (Å²) in [7, 11) is -2.28. The Kier molecular flexibility index (Phi) is 3.48. The monoisotopic (exact) mass is 281 g/mol. The topological polar surface area (TPSA) is 84.1 Å². The molecule has 0 fully saturated rings. The van der Waals surface area contributed by atoms with Crippen LogP contribution in [-0.2, 0) is 10.0 Å². The summed E-state index contributed by atoms with van der Waals surface area (Å²) in [4.78, 5) is 0.101. The molecule has 0 saturated heterocycles. The van der Waals surface area contributed by atoms with Crippen LogP contribution in [0.15, 0.2) is 29.3 Å². The van der Waals surface area contributed by atoms with Crippen molar-refractivity contribution in [2.75, 3.05) is 11.8 Å². The highest BCUT2D eigenvalue weighted by molar-refractivity contribution is 7.92. The molecule has 0 spiro atoms. The van der Waals surface area contributed by atoms with Crippen LogP contribution in [0.25, 0.3) is 0 Å². The number of anilines is 1. The smallest absolute Gasteiger partial charge is 0.266 e. The maximum Gasteiger partial charge on any atom is 0.266 e. The van der Waals surface area contributed by atoms with Crippen molar-refractivity contribution in [1.29, 1.82) is 0 Å². The summed E-state index contributed by atoms with van der Waals surface area (Å²) >= 11 is 0. The largest absolute Gasteiger partial charge is 0.495 e. The molecule has 0 aliphatic rings. The van der Waals surface area contributed by atoms with Crippen LogP contribution >= 0.6 is 0 Å². The molecule has 19 heavy (non-hydrogen) atoms. The van der Waals surface area contributed by atoms with E-state index in [0.29, 0.717) is 11.6 Å². The van der Waals surface area contributed by atoms with Gasteiger partial charge in [0, 0.05) is 5.56 Å². The minimum Gasteiger partial charge on any atom is -0.495 e. The zero-order valence-corrected chi connectivity index (χ0v) is 11.7. The number of aryl methyl sites for hydroxylation is 2. The number of methoxy groups -OCH3 is 1. The number of nitrogens with one attached hydrogen (secondary N) is 2. The molecule has 0 bridgehead atoms. The first-order chi connectivity index (χ1) is 8.94. The molecule has 0 amide bonds. The van der Waals surface area contributed by atoms with Crippen molar-refractivity contribution in [1.82, 2.24) is 10.2 Å². The first-order valence-corrected chi connectivity index (χ1v) is 7.10. The minimum atomic E-state index is -3.72. The Morgan fingerprint density at radius 3 is 2.63 bits per heavy atom. The van der Waals surface area contributed by atoms with E-state index in [0.717, 1.165) is 11.1 Å². The lowest BCUT2D eigenvalue weighted by Crippen LogP contribution is -2.15. The van der Waals surface area contributed by atoms with Crippen molar-refractivity contribution in [2.24, 2.45) is 0 Å². The van der Waals surface area contributed by atoms with Crippen molar-refractivity contribution in [3.63, 3.8) is 0 Å². The predicted octanol–water partition coefficient (Wildman–Crippen LogP) is 1.84. The van der Waals surface area contributed by atoms with Crippen molar-refractivity contribution in [2.45, 2.75) is 18.7 Å². The fourth-order valence-electron chi connectivity index (χ4n) is 1.63. The summed E-state index contributed by atoms with van der Waals surface area (Å²) in [5, 5.41) is 6.38. The highest BCUT2D eigenvalue weighted by Gasteiger charge is 2.21. The molecule has 2 aromatic rings. The van der Waals surface area contributed by atoms with Gasteiger partial charge in [-0.25, -0.2) is 8.42 Å². The van der Waals surface area contributed by atoms with Crippen molar-refractivity contribution >= 4 is 15.8 Å². The lowest BCUT2D eigenvalue weighted by Gasteiger charge is -2.11. The molecular weight excluding hydrogens is 266 g/mol. The van der Waals surface area contributed by atoms with Gasteiger partial charge in [0.15, 0.2) is 0 Å². The van der Waals surface area contributed by atoms with Crippen LogP contribution < -0.4 is 9.46 Å². The number of sulfonamides is 1. The van der Waals surface area contributed by atoms with Crippen LogP contribution in [0, 0.1) is 13.8 Å². The molecule has 0 unspecified atom stereocenters. The van der Waals surface area contributed by atoms with Crippen LogP contribution in [0.2, 0.25) is 0 Å². The Hall–Kier alpha value is -2.02. The number of aromatic nitrogens is 2. The van der Waals surface area contributed by atoms with Gasteiger partial charge in [-0.3, -0.25) is 9.82 Å². The lowest BCUT2D eigenvalue weighted by atomic mass is 10.2. The molecule has 0 aliphatic heterocycles. The van der Waals surface area contributed by atoms with E-state index in [4.69, 9.17) is 4.74 Å². The van der Waals surface area contributed by atoms with E-state index in [1.165, 1.54) is 7.11 Å². The molecular formula is C12H15N3O3S. The van der Waals surface area contributed by atoms with Crippen molar-refractivity contribution in [3.8, 4) is 5.75 Å². The maximum absolute atomic E-state index is 12.3. The number of aromatic amines is 1. The number of ether oxygens (including phenoxy) is 1. The van der Waals surface area contributed by atoms with Gasteiger partial charge in [-0.1, -0.05) is 6.07 Å². The zero-order chi connectivity index (χ0) is 14.0. The van der Waals surface area contributed by atoms with E-state index < -0.39 is 10.0 Å². The summed E-state index contributed by atoms with van der Waals surface area (Å²) < 4.78 is 32.2. The third-order valence-corrected chi connectivity index (χ3v) is 4.04. The number of benzene rings is 1. The summed E-state index contributed by atoms with van der Waals surface area (Å²) in [5.41, 5.74) is 1.55. The second kappa shape index (κ2) is 4.93. The highest BCUT2D eigenvalue weighted by atomic mass is 32.2. The molecule has 1 aromatic carbocycles. The Labute approximate surface area is 111 Å². The summed E-state index contributed by atoms with van der Waals surface area (Å²) in [6, 6.07) is 4.98. The fraction of sp³-hybridized carbons (Fsp3) is 0.250. The maximum atomic E-state index is 12.3. The third kappa shape index (κ3) is 2.70. The summed E-state index contributed by atoms with van der Waals surface area (Å²) in [5.74, 6) is 0.652. The first kappa shape index (κ1) is 13.4. The first-order valence-electron chi connectivity index (χ1n) is 5.61. The molecule has 1 heterocycles. The van der Waals surface area contributed by atoms with E-state index in [2.05, 4.69) is 14.9 Å². The zero-order valence-electron chi connectivity index (χ0n) is 10.9. The van der Waals surface area contributed by atoms with Gasteiger partial charge in [-0.15, -0.1) is 0 Å². The van der Waals surface area contributed by atoms with Crippen molar-refractivity contribution in [3.05, 3.63) is 35.5 Å². The number of hydrogen-bond donors (Lipinski definition) is 2. The number of hydrogen-bond acceptors (Lipinski definition) is 4. The molecule has 102 valence electrons. The molecule has 1 aromatic heterocycles. The van der Waals surface area contributed by atoms with Crippen LogP contribution in [0.4, 0.5) is 5.82 Å². The van der Waals surface area contributed by atoms with E-state index in [9.17, 15) is 8.42 Å². The van der Waals surface area contributed by atoms with Crippen LogP contribution in [0.3, 0.4) is 0 Å². The van der Waals surface area contributed by atoms with E-state index in [1.807, 2.05) is 6.92 Å². The van der Waals surface area contributed by atoms with E-state index in [-0.39, 0.29) is 4.90 Å². The predicted molar refractivity (Wildman–Crippen MR) is 71.9 cm³/mol. The Morgan fingerprint density at radius 1 is 1.32 bits per heavy atom. The fourth-order valence-corrected chi connectivity index (χ4v) is 2.98. The quantitative estimate of drug-likeness (QED) is 0.895. The Balaban J connectivity index is 2.45. The van der Waals surface area contributed by atoms with Gasteiger partial charge < -0.3 is 4.74 Å². The van der Waals surface area contributed by atoms with Crippen LogP contribution in [0.5, 0.6) is 5.75 Å². The average molecular weight is 281 g/mol. The molecule has 0 saturated carbocycles. The molecule has 2 rings (SSSR count). The SMILES string of the molecule is COc1ccc(C)cc1S(=O)(=O)Nc1[nH]ncc1C. The van der Waals surface area contributed by atoms with Crippen molar-refractivity contribution < 1.29 is 13.2 Å².